The summed E-state index contributed by atoms with van der Waals surface area (Å²) in [5, 5.41) is 14.6. The Labute approximate surface area is 201 Å². The maximum absolute atomic E-state index is 12.5. The van der Waals surface area contributed by atoms with Crippen LogP contribution in [0.3, 0.4) is 0 Å². The number of carbonyl (C=O) groups excluding carboxylic acids is 1. The number of thioether (sulfide) groups is 1. The summed E-state index contributed by atoms with van der Waals surface area (Å²) in [7, 11) is 0. The van der Waals surface area contributed by atoms with E-state index in [1.165, 1.54) is 23.1 Å². The van der Waals surface area contributed by atoms with Gasteiger partial charge in [-0.1, -0.05) is 54.2 Å². The van der Waals surface area contributed by atoms with Crippen molar-refractivity contribution >= 4 is 34.1 Å². The van der Waals surface area contributed by atoms with Gasteiger partial charge in [0, 0.05) is 17.5 Å². The zero-order valence-corrected chi connectivity index (χ0v) is 20.4. The number of thiazole rings is 1. The van der Waals surface area contributed by atoms with Crippen molar-refractivity contribution in [2.75, 3.05) is 11.1 Å². The summed E-state index contributed by atoms with van der Waals surface area (Å²) < 4.78 is 7.96. The third-order valence-corrected chi connectivity index (χ3v) is 6.69. The topological polar surface area (TPSA) is 81.9 Å². The van der Waals surface area contributed by atoms with E-state index < -0.39 is 0 Å². The highest BCUT2D eigenvalue weighted by atomic mass is 32.2. The SMILES string of the molecule is CCn1c(COc2cc(C)ccc2C)nnc1SCC(=O)Nc1nc(-c2ccccc2)cs1. The molecule has 2 aromatic carbocycles. The van der Waals surface area contributed by atoms with Crippen LogP contribution in [0.1, 0.15) is 23.9 Å². The van der Waals surface area contributed by atoms with Crippen LogP contribution in [-0.2, 0) is 17.9 Å². The number of nitrogens with zero attached hydrogens (tertiary/aromatic N) is 4. The normalized spacial score (nSPS) is 10.9. The summed E-state index contributed by atoms with van der Waals surface area (Å²) in [5.74, 6) is 1.66. The average molecular weight is 480 g/mol. The molecule has 0 aliphatic rings. The van der Waals surface area contributed by atoms with E-state index in [2.05, 4.69) is 26.6 Å². The molecule has 0 aliphatic heterocycles. The standard InChI is InChI=1S/C24H25N5O2S2/c1-4-29-21(13-31-20-12-16(2)10-11-17(20)3)27-28-24(29)33-15-22(30)26-23-25-19(14-32-23)18-8-6-5-7-9-18/h5-12,14H,4,13,15H2,1-3H3,(H,25,26,30). The number of ether oxygens (including phenoxy) is 1. The lowest BCUT2D eigenvalue weighted by Gasteiger charge is -2.11. The van der Waals surface area contributed by atoms with Crippen molar-refractivity contribution in [2.24, 2.45) is 0 Å². The maximum atomic E-state index is 12.5. The minimum atomic E-state index is -0.132. The molecule has 2 aromatic heterocycles. The second kappa shape index (κ2) is 10.6. The fraction of sp³-hybridized carbons (Fsp3) is 0.250. The molecule has 7 nitrogen and oxygen atoms in total. The van der Waals surface area contributed by atoms with Gasteiger partial charge in [-0.15, -0.1) is 21.5 Å². The zero-order chi connectivity index (χ0) is 23.2. The lowest BCUT2D eigenvalue weighted by atomic mass is 10.1. The number of hydrogen-bond acceptors (Lipinski definition) is 7. The van der Waals surface area contributed by atoms with Gasteiger partial charge in [0.25, 0.3) is 0 Å². The number of hydrogen-bond donors (Lipinski definition) is 1. The number of amides is 1. The molecule has 0 aliphatic carbocycles. The van der Waals surface area contributed by atoms with Crippen molar-refractivity contribution < 1.29 is 9.53 Å². The highest BCUT2D eigenvalue weighted by Gasteiger charge is 2.15. The summed E-state index contributed by atoms with van der Waals surface area (Å²) >= 11 is 2.76. The van der Waals surface area contributed by atoms with Crippen molar-refractivity contribution in [1.82, 2.24) is 19.7 Å². The van der Waals surface area contributed by atoms with Gasteiger partial charge in [-0.2, -0.15) is 0 Å². The van der Waals surface area contributed by atoms with Crippen LogP contribution >= 0.6 is 23.1 Å². The molecule has 0 spiro atoms. The number of aromatic nitrogens is 4. The molecule has 0 unspecified atom stereocenters. The van der Waals surface area contributed by atoms with Gasteiger partial charge in [-0.25, -0.2) is 4.98 Å². The van der Waals surface area contributed by atoms with Crippen LogP contribution in [0.15, 0.2) is 59.1 Å². The number of aryl methyl sites for hydroxylation is 2. The molecule has 4 rings (SSSR count). The van der Waals surface area contributed by atoms with E-state index >= 15 is 0 Å². The van der Waals surface area contributed by atoms with Gasteiger partial charge in [0.05, 0.1) is 11.4 Å². The predicted octanol–water partition coefficient (Wildman–Crippen LogP) is 5.35. The van der Waals surface area contributed by atoms with Gasteiger partial charge >= 0.3 is 0 Å². The summed E-state index contributed by atoms with van der Waals surface area (Å²) in [6.45, 7) is 7.09. The lowest BCUT2D eigenvalue weighted by Crippen LogP contribution is -2.14. The van der Waals surface area contributed by atoms with Crippen LogP contribution in [0, 0.1) is 13.8 Å². The first kappa shape index (κ1) is 23.0. The molecule has 1 amide bonds. The quantitative estimate of drug-likeness (QED) is 0.326. The van der Waals surface area contributed by atoms with Crippen molar-refractivity contribution in [3.05, 3.63) is 70.9 Å². The maximum Gasteiger partial charge on any atom is 0.236 e. The third kappa shape index (κ3) is 5.80. The fourth-order valence-corrected chi connectivity index (χ4v) is 4.77. The van der Waals surface area contributed by atoms with Gasteiger partial charge in [-0.05, 0) is 38.0 Å². The first-order valence-electron chi connectivity index (χ1n) is 10.6. The van der Waals surface area contributed by atoms with Gasteiger partial charge in [-0.3, -0.25) is 4.79 Å². The first-order chi connectivity index (χ1) is 16.0. The van der Waals surface area contributed by atoms with Crippen molar-refractivity contribution in [3.8, 4) is 17.0 Å². The monoisotopic (exact) mass is 479 g/mol. The predicted molar refractivity (Wildman–Crippen MR) is 133 cm³/mol. The van der Waals surface area contributed by atoms with Crippen molar-refractivity contribution in [2.45, 2.75) is 39.1 Å². The van der Waals surface area contributed by atoms with E-state index in [1.54, 1.807) is 0 Å². The van der Waals surface area contributed by atoms with E-state index in [0.29, 0.717) is 23.4 Å². The van der Waals surface area contributed by atoms with Crippen LogP contribution < -0.4 is 10.1 Å². The van der Waals surface area contributed by atoms with Crippen LogP contribution in [0.25, 0.3) is 11.3 Å². The summed E-state index contributed by atoms with van der Waals surface area (Å²) in [6.07, 6.45) is 0. The van der Waals surface area contributed by atoms with Gasteiger partial charge in [0.2, 0.25) is 5.91 Å². The van der Waals surface area contributed by atoms with Gasteiger partial charge in [0.1, 0.15) is 12.4 Å². The molecule has 0 bridgehead atoms. The van der Waals surface area contributed by atoms with Gasteiger partial charge < -0.3 is 14.6 Å². The Kier molecular flexibility index (Phi) is 7.41. The highest BCUT2D eigenvalue weighted by Crippen LogP contribution is 2.25. The minimum absolute atomic E-state index is 0.132. The molecular weight excluding hydrogens is 454 g/mol. The Hall–Kier alpha value is -3.17. The van der Waals surface area contributed by atoms with E-state index in [-0.39, 0.29) is 11.7 Å². The number of rotatable bonds is 9. The molecule has 170 valence electrons. The molecule has 0 saturated heterocycles. The Balaban J connectivity index is 1.34. The molecule has 33 heavy (non-hydrogen) atoms. The average Bonchev–Trinajstić information content (AvgIpc) is 3.45. The first-order valence-corrected chi connectivity index (χ1v) is 12.5. The Morgan fingerprint density at radius 1 is 1.15 bits per heavy atom. The Morgan fingerprint density at radius 3 is 2.76 bits per heavy atom. The molecule has 0 atom stereocenters. The Bertz CT molecular complexity index is 1240. The van der Waals surface area contributed by atoms with Crippen molar-refractivity contribution in [1.29, 1.82) is 0 Å². The molecule has 9 heteroatoms. The third-order valence-electron chi connectivity index (χ3n) is 4.96. The zero-order valence-electron chi connectivity index (χ0n) is 18.7. The molecule has 4 aromatic rings. The van der Waals surface area contributed by atoms with Crippen molar-refractivity contribution in [3.63, 3.8) is 0 Å². The molecule has 0 saturated carbocycles. The minimum Gasteiger partial charge on any atom is -0.485 e. The van der Waals surface area contributed by atoms with Crippen LogP contribution in [0.5, 0.6) is 5.75 Å². The fourth-order valence-electron chi connectivity index (χ4n) is 3.21. The van der Waals surface area contributed by atoms with Gasteiger partial charge in [0.15, 0.2) is 16.1 Å². The largest absolute Gasteiger partial charge is 0.485 e. The number of nitrogens with one attached hydrogen (secondary N) is 1. The number of anilines is 1. The van der Waals surface area contributed by atoms with E-state index in [0.717, 1.165) is 34.0 Å². The number of benzene rings is 2. The van der Waals surface area contributed by atoms with E-state index in [9.17, 15) is 4.79 Å². The summed E-state index contributed by atoms with van der Waals surface area (Å²) in [5.41, 5.74) is 4.09. The molecular formula is C24H25N5O2S2. The summed E-state index contributed by atoms with van der Waals surface area (Å²) in [4.78, 5) is 17.0. The number of carbonyl (C=O) groups is 1. The smallest absolute Gasteiger partial charge is 0.236 e. The van der Waals surface area contributed by atoms with Crippen LogP contribution in [0.4, 0.5) is 5.13 Å². The van der Waals surface area contributed by atoms with E-state index in [1.807, 2.05) is 73.2 Å². The lowest BCUT2D eigenvalue weighted by molar-refractivity contribution is -0.113. The molecule has 0 radical (unpaired) electrons. The van der Waals surface area contributed by atoms with Crippen LogP contribution in [0.2, 0.25) is 0 Å². The molecule has 2 heterocycles. The summed E-state index contributed by atoms with van der Waals surface area (Å²) in [6, 6.07) is 16.0. The van der Waals surface area contributed by atoms with Crippen LogP contribution in [-0.4, -0.2) is 31.4 Å². The Morgan fingerprint density at radius 2 is 1.97 bits per heavy atom. The highest BCUT2D eigenvalue weighted by molar-refractivity contribution is 7.99. The molecule has 1 N–H and O–H groups in total. The van der Waals surface area contributed by atoms with E-state index in [4.69, 9.17) is 4.74 Å². The molecule has 0 fully saturated rings. The second-order valence-corrected chi connectivity index (χ2v) is 9.24. The second-order valence-electron chi connectivity index (χ2n) is 7.44.